The SMILES string of the molecule is CSc1ccccc1C(=O)O[C@@H](C)C(=O)Nc1cc(S(=O)(=O)N2CCCCC2)ccc1Cl. The van der Waals surface area contributed by atoms with Crippen molar-refractivity contribution in [2.45, 2.75) is 42.1 Å². The predicted octanol–water partition coefficient (Wildman–Crippen LogP) is 4.42. The molecule has 0 radical (unpaired) electrons. The Balaban J connectivity index is 1.73. The standard InChI is InChI=1S/C22H25ClN2O5S2/c1-15(30-22(27)17-8-4-5-9-20(17)31-2)21(26)24-19-14-16(10-11-18(19)23)32(28,29)25-12-6-3-7-13-25/h4-5,8-11,14-15H,3,6-7,12-13H2,1-2H3,(H,24,26)/t15-/m0/s1. The van der Waals surface area contributed by atoms with Crippen LogP contribution in [0.4, 0.5) is 5.69 Å². The highest BCUT2D eigenvalue weighted by Gasteiger charge is 2.27. The normalized spacial score (nSPS) is 15.7. The van der Waals surface area contributed by atoms with Crippen molar-refractivity contribution >= 4 is 50.9 Å². The number of ether oxygens (including phenoxy) is 1. The highest BCUT2D eigenvalue weighted by atomic mass is 35.5. The second-order valence-corrected chi connectivity index (χ2v) is 10.5. The second kappa shape index (κ2) is 10.7. The van der Waals surface area contributed by atoms with E-state index in [0.717, 1.165) is 24.2 Å². The fraction of sp³-hybridized carbons (Fsp3) is 0.364. The molecule has 7 nitrogen and oxygen atoms in total. The van der Waals surface area contributed by atoms with Crippen molar-refractivity contribution in [1.82, 2.24) is 4.31 Å². The van der Waals surface area contributed by atoms with E-state index in [1.165, 1.54) is 41.2 Å². The topological polar surface area (TPSA) is 92.8 Å². The van der Waals surface area contributed by atoms with E-state index in [0.29, 0.717) is 18.7 Å². The number of rotatable bonds is 7. The molecule has 2 aromatic carbocycles. The lowest BCUT2D eigenvalue weighted by Crippen LogP contribution is -2.35. The molecule has 172 valence electrons. The Morgan fingerprint density at radius 2 is 1.81 bits per heavy atom. The summed E-state index contributed by atoms with van der Waals surface area (Å²) in [6.07, 6.45) is 3.37. The van der Waals surface area contributed by atoms with E-state index in [-0.39, 0.29) is 15.6 Å². The van der Waals surface area contributed by atoms with Crippen LogP contribution in [0.15, 0.2) is 52.3 Å². The highest BCUT2D eigenvalue weighted by molar-refractivity contribution is 7.98. The first kappa shape index (κ1) is 24.6. The molecule has 0 spiro atoms. The van der Waals surface area contributed by atoms with Crippen molar-refractivity contribution in [1.29, 1.82) is 0 Å². The molecule has 2 aromatic rings. The molecule has 10 heteroatoms. The van der Waals surface area contributed by atoms with Gasteiger partial charge >= 0.3 is 5.97 Å². The summed E-state index contributed by atoms with van der Waals surface area (Å²) in [5.41, 5.74) is 0.509. The van der Waals surface area contributed by atoms with Gasteiger partial charge in [-0.05, 0) is 56.4 Å². The largest absolute Gasteiger partial charge is 0.449 e. The van der Waals surface area contributed by atoms with Crippen LogP contribution in [-0.4, -0.2) is 50.0 Å². The zero-order chi connectivity index (χ0) is 23.3. The first-order valence-electron chi connectivity index (χ1n) is 10.2. The van der Waals surface area contributed by atoms with Crippen molar-refractivity contribution in [3.63, 3.8) is 0 Å². The maximum atomic E-state index is 12.9. The van der Waals surface area contributed by atoms with Crippen LogP contribution in [0.1, 0.15) is 36.5 Å². The van der Waals surface area contributed by atoms with Crippen LogP contribution in [0.5, 0.6) is 0 Å². The van der Waals surface area contributed by atoms with Crippen molar-refractivity contribution in [2.24, 2.45) is 0 Å². The molecule has 0 unspecified atom stereocenters. The Morgan fingerprint density at radius 3 is 2.50 bits per heavy atom. The van der Waals surface area contributed by atoms with Crippen LogP contribution in [0.25, 0.3) is 0 Å². The van der Waals surface area contributed by atoms with Gasteiger partial charge in [-0.2, -0.15) is 4.31 Å². The van der Waals surface area contributed by atoms with Gasteiger partial charge in [0.25, 0.3) is 5.91 Å². The molecule has 1 fully saturated rings. The molecule has 0 saturated carbocycles. The number of esters is 1. The zero-order valence-electron chi connectivity index (χ0n) is 17.8. The molecule has 3 rings (SSSR count). The van der Waals surface area contributed by atoms with E-state index in [4.69, 9.17) is 16.3 Å². The Morgan fingerprint density at radius 1 is 1.12 bits per heavy atom. The molecule has 1 saturated heterocycles. The number of carbonyl (C=O) groups is 2. The quantitative estimate of drug-likeness (QED) is 0.450. The summed E-state index contributed by atoms with van der Waals surface area (Å²) in [7, 11) is -3.68. The number of nitrogens with one attached hydrogen (secondary N) is 1. The highest BCUT2D eigenvalue weighted by Crippen LogP contribution is 2.28. The average Bonchev–Trinajstić information content (AvgIpc) is 2.80. The first-order chi connectivity index (χ1) is 15.2. The number of carbonyl (C=O) groups excluding carboxylic acids is 2. The molecular formula is C22H25ClN2O5S2. The van der Waals surface area contributed by atoms with Crippen molar-refractivity contribution in [3.8, 4) is 0 Å². The molecule has 1 atom stereocenters. The summed E-state index contributed by atoms with van der Waals surface area (Å²) in [4.78, 5) is 25.9. The number of benzene rings is 2. The summed E-state index contributed by atoms with van der Waals surface area (Å²) >= 11 is 7.59. The number of hydrogen-bond donors (Lipinski definition) is 1. The predicted molar refractivity (Wildman–Crippen MR) is 126 cm³/mol. The third-order valence-corrected chi connectivity index (χ3v) is 8.15. The van der Waals surface area contributed by atoms with Crippen LogP contribution in [0, 0.1) is 0 Å². The minimum absolute atomic E-state index is 0.0534. The molecule has 1 N–H and O–H groups in total. The van der Waals surface area contributed by atoms with Gasteiger partial charge in [0.1, 0.15) is 0 Å². The van der Waals surface area contributed by atoms with Crippen molar-refractivity contribution < 1.29 is 22.7 Å². The third kappa shape index (κ3) is 5.64. The Hall–Kier alpha value is -2.07. The minimum Gasteiger partial charge on any atom is -0.449 e. The summed E-state index contributed by atoms with van der Waals surface area (Å²) in [6.45, 7) is 2.38. The van der Waals surface area contributed by atoms with E-state index in [1.54, 1.807) is 18.2 Å². The van der Waals surface area contributed by atoms with Crippen LogP contribution in [0.3, 0.4) is 0 Å². The van der Waals surface area contributed by atoms with Crippen molar-refractivity contribution in [3.05, 3.63) is 53.1 Å². The number of thioether (sulfide) groups is 1. The molecule has 32 heavy (non-hydrogen) atoms. The number of hydrogen-bond acceptors (Lipinski definition) is 6. The number of sulfonamides is 1. The molecule has 1 amide bonds. The third-order valence-electron chi connectivity index (χ3n) is 5.13. The molecular weight excluding hydrogens is 472 g/mol. The molecule has 1 aliphatic rings. The maximum absolute atomic E-state index is 12.9. The number of nitrogens with zero attached hydrogens (tertiary/aromatic N) is 1. The van der Waals surface area contributed by atoms with Crippen LogP contribution in [0.2, 0.25) is 5.02 Å². The minimum atomic E-state index is -3.68. The van der Waals surface area contributed by atoms with Gasteiger partial charge in [-0.3, -0.25) is 4.79 Å². The van der Waals surface area contributed by atoms with Gasteiger partial charge in [0, 0.05) is 18.0 Å². The molecule has 0 aliphatic carbocycles. The zero-order valence-corrected chi connectivity index (χ0v) is 20.2. The van der Waals surface area contributed by atoms with Gasteiger partial charge < -0.3 is 10.1 Å². The fourth-order valence-electron chi connectivity index (χ4n) is 3.34. The van der Waals surface area contributed by atoms with Crippen LogP contribution < -0.4 is 5.32 Å². The maximum Gasteiger partial charge on any atom is 0.340 e. The molecule has 1 heterocycles. The van der Waals surface area contributed by atoms with E-state index in [9.17, 15) is 18.0 Å². The van der Waals surface area contributed by atoms with E-state index in [1.807, 2.05) is 12.3 Å². The number of halogens is 1. The molecule has 0 bridgehead atoms. The van der Waals surface area contributed by atoms with Gasteiger partial charge in [-0.1, -0.05) is 30.2 Å². The molecule has 1 aliphatic heterocycles. The number of amides is 1. The van der Waals surface area contributed by atoms with E-state index < -0.39 is 28.0 Å². The van der Waals surface area contributed by atoms with Gasteiger partial charge in [0.15, 0.2) is 6.10 Å². The number of anilines is 1. The lowest BCUT2D eigenvalue weighted by atomic mass is 10.2. The van der Waals surface area contributed by atoms with E-state index >= 15 is 0 Å². The summed E-state index contributed by atoms with van der Waals surface area (Å²) in [5.74, 6) is -1.24. The van der Waals surface area contributed by atoms with Gasteiger partial charge in [0.2, 0.25) is 10.0 Å². The van der Waals surface area contributed by atoms with Crippen LogP contribution in [-0.2, 0) is 19.6 Å². The molecule has 0 aromatic heterocycles. The Bertz CT molecular complexity index is 1100. The summed E-state index contributed by atoms with van der Waals surface area (Å²) < 4.78 is 32.6. The van der Waals surface area contributed by atoms with E-state index in [2.05, 4.69) is 5.32 Å². The first-order valence-corrected chi connectivity index (χ1v) is 13.2. The lowest BCUT2D eigenvalue weighted by molar-refractivity contribution is -0.123. The second-order valence-electron chi connectivity index (χ2n) is 7.34. The smallest absolute Gasteiger partial charge is 0.340 e. The van der Waals surface area contributed by atoms with Gasteiger partial charge in [-0.15, -0.1) is 11.8 Å². The summed E-state index contributed by atoms with van der Waals surface area (Å²) in [5, 5.41) is 2.76. The van der Waals surface area contributed by atoms with Gasteiger partial charge in [-0.25, -0.2) is 13.2 Å². The Kier molecular flexibility index (Phi) is 8.21. The van der Waals surface area contributed by atoms with Crippen molar-refractivity contribution in [2.75, 3.05) is 24.7 Å². The van der Waals surface area contributed by atoms with Crippen LogP contribution >= 0.6 is 23.4 Å². The lowest BCUT2D eigenvalue weighted by Gasteiger charge is -2.26. The monoisotopic (exact) mass is 496 g/mol. The summed E-state index contributed by atoms with van der Waals surface area (Å²) in [6, 6.07) is 11.1. The average molecular weight is 497 g/mol. The fourth-order valence-corrected chi connectivity index (χ4v) is 5.63. The Labute approximate surface area is 197 Å². The van der Waals surface area contributed by atoms with Gasteiger partial charge in [0.05, 0.1) is 21.2 Å². The number of piperidine rings is 1.